The molecule has 2 aromatic carbocycles. The quantitative estimate of drug-likeness (QED) is 0.876. The number of nitrogens with zero attached hydrogens (tertiary/aromatic N) is 1. The molecule has 0 fully saturated rings. The standard InChI is InChI=1S/C20H19FN2O3S/c21-14-5-3-4-13-15(9-11-27-20(13)14)22-18(24)8-10-23-16-6-1-2-7-17(16)26-12-19(23)25/h1-7,15H,8-12H2,(H,22,24). The van der Waals surface area contributed by atoms with Crippen LogP contribution in [0.1, 0.15) is 24.4 Å². The average molecular weight is 386 g/mol. The highest BCUT2D eigenvalue weighted by Gasteiger charge is 2.27. The van der Waals surface area contributed by atoms with E-state index in [9.17, 15) is 14.0 Å². The summed E-state index contributed by atoms with van der Waals surface area (Å²) < 4.78 is 19.4. The average Bonchev–Trinajstić information content (AvgIpc) is 2.68. The van der Waals surface area contributed by atoms with Crippen LogP contribution >= 0.6 is 11.8 Å². The van der Waals surface area contributed by atoms with Crippen molar-refractivity contribution in [3.8, 4) is 5.75 Å². The number of ether oxygens (including phenoxy) is 1. The number of fused-ring (bicyclic) bond motifs is 2. The third kappa shape index (κ3) is 3.64. The summed E-state index contributed by atoms with van der Waals surface area (Å²) in [6.45, 7) is 0.258. The van der Waals surface area contributed by atoms with Gasteiger partial charge in [-0.15, -0.1) is 11.8 Å². The zero-order valence-electron chi connectivity index (χ0n) is 14.6. The molecule has 0 radical (unpaired) electrons. The molecule has 2 heterocycles. The normalized spacial score (nSPS) is 18.3. The number of amides is 2. The second-order valence-corrected chi connectivity index (χ2v) is 7.57. The molecule has 4 rings (SSSR count). The molecule has 0 saturated carbocycles. The SMILES string of the molecule is O=C(CCN1C(=O)COc2ccccc21)NC1CCSc2c(F)cccc21. The van der Waals surface area contributed by atoms with Crippen LogP contribution < -0.4 is 15.0 Å². The van der Waals surface area contributed by atoms with Gasteiger partial charge in [-0.05, 0) is 30.2 Å². The summed E-state index contributed by atoms with van der Waals surface area (Å²) in [5, 5.41) is 2.99. The first-order valence-electron chi connectivity index (χ1n) is 8.86. The van der Waals surface area contributed by atoms with Gasteiger partial charge in [-0.1, -0.05) is 24.3 Å². The van der Waals surface area contributed by atoms with Crippen molar-refractivity contribution in [3.63, 3.8) is 0 Å². The van der Waals surface area contributed by atoms with E-state index in [1.165, 1.54) is 17.8 Å². The van der Waals surface area contributed by atoms with E-state index in [2.05, 4.69) is 5.32 Å². The highest BCUT2D eigenvalue weighted by molar-refractivity contribution is 7.99. The van der Waals surface area contributed by atoms with Crippen LogP contribution in [0.3, 0.4) is 0 Å². The molecule has 1 N–H and O–H groups in total. The van der Waals surface area contributed by atoms with Gasteiger partial charge in [-0.2, -0.15) is 0 Å². The maximum atomic E-state index is 14.0. The number of benzene rings is 2. The monoisotopic (exact) mass is 386 g/mol. The molecule has 2 aliphatic rings. The van der Waals surface area contributed by atoms with Crippen molar-refractivity contribution < 1.29 is 18.7 Å². The number of thioether (sulfide) groups is 1. The summed E-state index contributed by atoms with van der Waals surface area (Å²) >= 11 is 1.48. The first-order chi connectivity index (χ1) is 13.1. The highest BCUT2D eigenvalue weighted by atomic mass is 32.2. The number of rotatable bonds is 4. The van der Waals surface area contributed by atoms with E-state index in [1.807, 2.05) is 24.3 Å². The Hall–Kier alpha value is -2.54. The lowest BCUT2D eigenvalue weighted by Crippen LogP contribution is -2.41. The fourth-order valence-corrected chi connectivity index (χ4v) is 4.56. The lowest BCUT2D eigenvalue weighted by atomic mass is 10.0. The van der Waals surface area contributed by atoms with E-state index in [0.29, 0.717) is 16.3 Å². The highest BCUT2D eigenvalue weighted by Crippen LogP contribution is 2.37. The first kappa shape index (κ1) is 17.9. The fraction of sp³-hybridized carbons (Fsp3) is 0.300. The molecule has 5 nitrogen and oxygen atoms in total. The Kier molecular flexibility index (Phi) is 5.03. The Morgan fingerprint density at radius 1 is 1.26 bits per heavy atom. The van der Waals surface area contributed by atoms with Crippen LogP contribution in [0.2, 0.25) is 0 Å². The molecule has 2 aromatic rings. The second kappa shape index (κ2) is 7.60. The van der Waals surface area contributed by atoms with Gasteiger partial charge in [0.15, 0.2) is 6.61 Å². The summed E-state index contributed by atoms with van der Waals surface area (Å²) in [5.74, 6) is 0.842. The molecule has 0 spiro atoms. The van der Waals surface area contributed by atoms with Crippen LogP contribution in [0, 0.1) is 5.82 Å². The Labute approximate surface area is 160 Å². The Bertz CT molecular complexity index is 889. The predicted octanol–water partition coefficient (Wildman–Crippen LogP) is 3.29. The van der Waals surface area contributed by atoms with E-state index in [-0.39, 0.29) is 43.2 Å². The van der Waals surface area contributed by atoms with E-state index in [0.717, 1.165) is 17.7 Å². The van der Waals surface area contributed by atoms with Gasteiger partial charge in [-0.25, -0.2) is 4.39 Å². The number of carbonyl (C=O) groups excluding carboxylic acids is 2. The van der Waals surface area contributed by atoms with E-state index >= 15 is 0 Å². The largest absolute Gasteiger partial charge is 0.482 e. The third-order valence-corrected chi connectivity index (χ3v) is 5.89. The van der Waals surface area contributed by atoms with Crippen molar-refractivity contribution in [2.75, 3.05) is 23.8 Å². The lowest BCUT2D eigenvalue weighted by Gasteiger charge is -2.30. The number of hydrogen-bond donors (Lipinski definition) is 1. The molecular formula is C20H19FN2O3S. The van der Waals surface area contributed by atoms with Crippen molar-refractivity contribution >= 4 is 29.3 Å². The minimum absolute atomic E-state index is 0.0227. The van der Waals surface area contributed by atoms with Crippen LogP contribution in [0.4, 0.5) is 10.1 Å². The van der Waals surface area contributed by atoms with Crippen molar-refractivity contribution in [2.24, 2.45) is 0 Å². The maximum absolute atomic E-state index is 14.0. The lowest BCUT2D eigenvalue weighted by molar-refractivity contribution is -0.122. The van der Waals surface area contributed by atoms with Crippen LogP contribution in [-0.2, 0) is 9.59 Å². The summed E-state index contributed by atoms with van der Waals surface area (Å²) in [7, 11) is 0. The van der Waals surface area contributed by atoms with E-state index in [1.54, 1.807) is 17.0 Å². The molecule has 140 valence electrons. The Balaban J connectivity index is 1.42. The minimum atomic E-state index is -0.244. The van der Waals surface area contributed by atoms with E-state index < -0.39 is 0 Å². The van der Waals surface area contributed by atoms with Crippen molar-refractivity contribution in [2.45, 2.75) is 23.8 Å². The van der Waals surface area contributed by atoms with Gasteiger partial charge in [0.25, 0.3) is 5.91 Å². The maximum Gasteiger partial charge on any atom is 0.265 e. The van der Waals surface area contributed by atoms with Gasteiger partial charge >= 0.3 is 0 Å². The van der Waals surface area contributed by atoms with Crippen LogP contribution in [0.15, 0.2) is 47.4 Å². The van der Waals surface area contributed by atoms with Gasteiger partial charge in [0.2, 0.25) is 5.91 Å². The number of para-hydroxylation sites is 2. The summed E-state index contributed by atoms with van der Waals surface area (Å²) in [5.41, 5.74) is 1.51. The Morgan fingerprint density at radius 3 is 3.00 bits per heavy atom. The molecule has 1 unspecified atom stereocenters. The summed E-state index contributed by atoms with van der Waals surface area (Å²) in [6.07, 6.45) is 0.931. The van der Waals surface area contributed by atoms with Gasteiger partial charge in [0.1, 0.15) is 11.6 Å². The number of halogens is 1. The van der Waals surface area contributed by atoms with Gasteiger partial charge in [0, 0.05) is 23.6 Å². The molecule has 2 amide bonds. The predicted molar refractivity (Wildman–Crippen MR) is 102 cm³/mol. The molecule has 0 aromatic heterocycles. The fourth-order valence-electron chi connectivity index (χ4n) is 3.42. The molecule has 0 aliphatic carbocycles. The Morgan fingerprint density at radius 2 is 2.11 bits per heavy atom. The number of nitrogens with one attached hydrogen (secondary N) is 1. The van der Waals surface area contributed by atoms with Gasteiger partial charge < -0.3 is 15.0 Å². The van der Waals surface area contributed by atoms with Crippen LogP contribution in [-0.4, -0.2) is 30.7 Å². The van der Waals surface area contributed by atoms with Crippen molar-refractivity contribution in [1.29, 1.82) is 0 Å². The number of carbonyl (C=O) groups is 2. The molecule has 1 atom stereocenters. The van der Waals surface area contributed by atoms with Crippen molar-refractivity contribution in [1.82, 2.24) is 5.32 Å². The molecule has 0 saturated heterocycles. The second-order valence-electron chi connectivity index (χ2n) is 6.47. The van der Waals surface area contributed by atoms with Gasteiger partial charge in [-0.3, -0.25) is 9.59 Å². The van der Waals surface area contributed by atoms with Crippen LogP contribution in [0.5, 0.6) is 5.75 Å². The number of anilines is 1. The van der Waals surface area contributed by atoms with Gasteiger partial charge in [0.05, 0.1) is 11.7 Å². The number of hydrogen-bond acceptors (Lipinski definition) is 4. The molecule has 2 aliphatic heterocycles. The summed E-state index contributed by atoms with van der Waals surface area (Å²) in [6, 6.07) is 12.1. The molecule has 0 bridgehead atoms. The minimum Gasteiger partial charge on any atom is -0.482 e. The van der Waals surface area contributed by atoms with Crippen LogP contribution in [0.25, 0.3) is 0 Å². The van der Waals surface area contributed by atoms with Crippen molar-refractivity contribution in [3.05, 3.63) is 53.8 Å². The molecule has 27 heavy (non-hydrogen) atoms. The van der Waals surface area contributed by atoms with E-state index in [4.69, 9.17) is 4.74 Å². The third-order valence-electron chi connectivity index (χ3n) is 4.73. The molecule has 7 heteroatoms. The first-order valence-corrected chi connectivity index (χ1v) is 9.85. The molecular weight excluding hydrogens is 367 g/mol. The zero-order valence-corrected chi connectivity index (χ0v) is 15.4. The smallest absolute Gasteiger partial charge is 0.265 e. The zero-order chi connectivity index (χ0) is 18.8. The topological polar surface area (TPSA) is 58.6 Å². The summed E-state index contributed by atoms with van der Waals surface area (Å²) in [4.78, 5) is 26.9.